The molecule has 0 amide bonds. The van der Waals surface area contributed by atoms with E-state index in [4.69, 9.17) is 0 Å². The molecule has 1 unspecified atom stereocenters. The first-order valence-electron chi connectivity index (χ1n) is 6.17. The van der Waals surface area contributed by atoms with Crippen molar-refractivity contribution in [2.45, 2.75) is 25.0 Å². The molecule has 0 radical (unpaired) electrons. The minimum Gasteiger partial charge on any atom is -0.387 e. The summed E-state index contributed by atoms with van der Waals surface area (Å²) in [6.07, 6.45) is 1.16. The third-order valence-corrected chi connectivity index (χ3v) is 4.62. The van der Waals surface area contributed by atoms with Crippen LogP contribution in [0.2, 0.25) is 0 Å². The summed E-state index contributed by atoms with van der Waals surface area (Å²) in [5, 5.41) is 13.2. The molecule has 100 valence electrons. The molecule has 0 aromatic heterocycles. The second-order valence-corrected chi connectivity index (χ2v) is 6.29. The smallest absolute Gasteiger partial charge is 0.123 e. The molecule has 1 atom stereocenters. The Hall–Kier alpha value is -0.780. The molecule has 2 rings (SSSR count). The average Bonchev–Trinajstić information content (AvgIpc) is 2.38. The van der Waals surface area contributed by atoms with Crippen LogP contribution in [0.4, 0.5) is 4.39 Å². The van der Waals surface area contributed by atoms with Gasteiger partial charge < -0.3 is 10.4 Å². The normalized spacial score (nSPS) is 25.9. The monoisotopic (exact) mass is 271 g/mol. The van der Waals surface area contributed by atoms with Gasteiger partial charge in [-0.2, -0.15) is 0 Å². The van der Waals surface area contributed by atoms with E-state index in [9.17, 15) is 13.7 Å². The summed E-state index contributed by atoms with van der Waals surface area (Å²) < 4.78 is 23.9. The Morgan fingerprint density at radius 3 is 2.56 bits per heavy atom. The summed E-state index contributed by atoms with van der Waals surface area (Å²) in [4.78, 5) is 0. The van der Waals surface area contributed by atoms with Crippen molar-refractivity contribution in [3.8, 4) is 0 Å². The van der Waals surface area contributed by atoms with Crippen LogP contribution in [-0.2, 0) is 10.8 Å². The van der Waals surface area contributed by atoms with Crippen molar-refractivity contribution in [3.05, 3.63) is 35.6 Å². The Balaban J connectivity index is 1.79. The van der Waals surface area contributed by atoms with Gasteiger partial charge in [0.1, 0.15) is 5.82 Å². The molecule has 2 N–H and O–H groups in total. The molecular formula is C13H18FNO2S. The topological polar surface area (TPSA) is 49.3 Å². The number of aliphatic hydroxyl groups excluding tert-OH is 1. The first-order chi connectivity index (χ1) is 8.65. The van der Waals surface area contributed by atoms with E-state index in [2.05, 4.69) is 5.32 Å². The standard InChI is InChI=1S/C13H18FNO2S/c14-11-3-1-10(2-4-11)13(16)9-15-12-5-7-18(17)8-6-12/h1-4,12-13,15-16H,5-9H2. The molecule has 1 aliphatic rings. The third kappa shape index (κ3) is 3.86. The van der Waals surface area contributed by atoms with Crippen molar-refractivity contribution in [2.24, 2.45) is 0 Å². The van der Waals surface area contributed by atoms with Crippen LogP contribution >= 0.6 is 0 Å². The van der Waals surface area contributed by atoms with Crippen LogP contribution in [0.5, 0.6) is 0 Å². The first kappa shape index (κ1) is 13.6. The van der Waals surface area contributed by atoms with Gasteiger partial charge in [-0.05, 0) is 30.5 Å². The molecule has 0 saturated carbocycles. The van der Waals surface area contributed by atoms with Gasteiger partial charge in [0, 0.05) is 34.9 Å². The highest BCUT2D eigenvalue weighted by Gasteiger charge is 2.18. The maximum absolute atomic E-state index is 12.7. The molecule has 1 saturated heterocycles. The van der Waals surface area contributed by atoms with Crippen molar-refractivity contribution < 1.29 is 13.7 Å². The summed E-state index contributed by atoms with van der Waals surface area (Å²) in [5.74, 6) is 1.18. The van der Waals surface area contributed by atoms with E-state index >= 15 is 0 Å². The SMILES string of the molecule is O=S1CCC(NCC(O)c2ccc(F)cc2)CC1. The first-order valence-corrected chi connectivity index (χ1v) is 7.66. The molecule has 3 nitrogen and oxygen atoms in total. The van der Waals surface area contributed by atoms with Crippen LogP contribution in [0, 0.1) is 5.82 Å². The lowest BCUT2D eigenvalue weighted by molar-refractivity contribution is 0.168. The number of halogens is 1. The molecule has 0 bridgehead atoms. The maximum atomic E-state index is 12.7. The Morgan fingerprint density at radius 1 is 1.33 bits per heavy atom. The minimum atomic E-state index is -0.658. The molecule has 1 heterocycles. The Kier molecular flexibility index (Phi) is 4.86. The van der Waals surface area contributed by atoms with Gasteiger partial charge in [-0.1, -0.05) is 12.1 Å². The predicted octanol–water partition coefficient (Wildman–Crippen LogP) is 1.36. The number of benzene rings is 1. The molecule has 1 aromatic rings. The molecular weight excluding hydrogens is 253 g/mol. The summed E-state index contributed by atoms with van der Waals surface area (Å²) in [5.41, 5.74) is 0.711. The van der Waals surface area contributed by atoms with E-state index in [1.54, 1.807) is 12.1 Å². The van der Waals surface area contributed by atoms with Gasteiger partial charge in [-0.3, -0.25) is 4.21 Å². The number of rotatable bonds is 4. The number of aliphatic hydroxyl groups is 1. The Labute approximate surface area is 109 Å². The second kappa shape index (κ2) is 6.41. The van der Waals surface area contributed by atoms with Gasteiger partial charge in [0.05, 0.1) is 6.10 Å². The van der Waals surface area contributed by atoms with Gasteiger partial charge in [-0.15, -0.1) is 0 Å². The predicted molar refractivity (Wildman–Crippen MR) is 70.3 cm³/mol. The lowest BCUT2D eigenvalue weighted by Gasteiger charge is -2.24. The van der Waals surface area contributed by atoms with E-state index in [0.29, 0.717) is 18.2 Å². The average molecular weight is 271 g/mol. The summed E-state index contributed by atoms with van der Waals surface area (Å²) in [7, 11) is -0.658. The van der Waals surface area contributed by atoms with Gasteiger partial charge in [0.15, 0.2) is 0 Å². The van der Waals surface area contributed by atoms with E-state index in [0.717, 1.165) is 24.3 Å². The fourth-order valence-corrected chi connectivity index (χ4v) is 3.38. The van der Waals surface area contributed by atoms with Crippen LogP contribution in [-0.4, -0.2) is 33.4 Å². The fraction of sp³-hybridized carbons (Fsp3) is 0.538. The van der Waals surface area contributed by atoms with E-state index in [1.165, 1.54) is 12.1 Å². The van der Waals surface area contributed by atoms with E-state index in [-0.39, 0.29) is 5.82 Å². The van der Waals surface area contributed by atoms with Crippen molar-refractivity contribution in [1.29, 1.82) is 0 Å². The van der Waals surface area contributed by atoms with Crippen molar-refractivity contribution in [1.82, 2.24) is 5.32 Å². The number of nitrogens with one attached hydrogen (secondary N) is 1. The van der Waals surface area contributed by atoms with Crippen LogP contribution in [0.3, 0.4) is 0 Å². The van der Waals surface area contributed by atoms with Crippen molar-refractivity contribution >= 4 is 10.8 Å². The molecule has 1 aromatic carbocycles. The van der Waals surface area contributed by atoms with Crippen molar-refractivity contribution in [2.75, 3.05) is 18.1 Å². The largest absolute Gasteiger partial charge is 0.387 e. The lowest BCUT2D eigenvalue weighted by atomic mass is 10.1. The zero-order valence-electron chi connectivity index (χ0n) is 10.1. The summed E-state index contributed by atoms with van der Waals surface area (Å²) in [6.45, 7) is 0.447. The zero-order valence-corrected chi connectivity index (χ0v) is 11.0. The second-order valence-electron chi connectivity index (χ2n) is 4.60. The highest BCUT2D eigenvalue weighted by Crippen LogP contribution is 2.14. The van der Waals surface area contributed by atoms with E-state index < -0.39 is 16.9 Å². The van der Waals surface area contributed by atoms with Crippen molar-refractivity contribution in [3.63, 3.8) is 0 Å². The van der Waals surface area contributed by atoms with Gasteiger partial charge >= 0.3 is 0 Å². The quantitative estimate of drug-likeness (QED) is 0.869. The molecule has 1 fully saturated rings. The fourth-order valence-electron chi connectivity index (χ4n) is 2.08. The highest BCUT2D eigenvalue weighted by atomic mass is 32.2. The Morgan fingerprint density at radius 2 is 1.94 bits per heavy atom. The van der Waals surface area contributed by atoms with Crippen LogP contribution in [0.1, 0.15) is 24.5 Å². The highest BCUT2D eigenvalue weighted by molar-refractivity contribution is 7.85. The summed E-state index contributed by atoms with van der Waals surface area (Å²) >= 11 is 0. The number of hydrogen-bond acceptors (Lipinski definition) is 3. The molecule has 1 aliphatic heterocycles. The molecule has 5 heteroatoms. The lowest BCUT2D eigenvalue weighted by Crippen LogP contribution is -2.37. The van der Waals surface area contributed by atoms with Gasteiger partial charge in [0.2, 0.25) is 0 Å². The van der Waals surface area contributed by atoms with Crippen LogP contribution in [0.15, 0.2) is 24.3 Å². The van der Waals surface area contributed by atoms with Crippen LogP contribution in [0.25, 0.3) is 0 Å². The third-order valence-electron chi connectivity index (χ3n) is 3.24. The molecule has 0 spiro atoms. The van der Waals surface area contributed by atoms with Crippen LogP contribution < -0.4 is 5.32 Å². The van der Waals surface area contributed by atoms with E-state index in [1.807, 2.05) is 0 Å². The molecule has 0 aliphatic carbocycles. The Bertz CT molecular complexity index is 400. The van der Waals surface area contributed by atoms with Gasteiger partial charge in [0.25, 0.3) is 0 Å². The summed E-state index contributed by atoms with van der Waals surface area (Å²) in [6, 6.07) is 6.22. The number of hydrogen-bond donors (Lipinski definition) is 2. The minimum absolute atomic E-state index is 0.298. The maximum Gasteiger partial charge on any atom is 0.123 e. The van der Waals surface area contributed by atoms with Gasteiger partial charge in [-0.25, -0.2) is 4.39 Å². The molecule has 18 heavy (non-hydrogen) atoms. The zero-order chi connectivity index (χ0) is 13.0.